The Hall–Kier alpha value is -2.26. The molecule has 3 N–H and O–H groups in total. The van der Waals surface area contributed by atoms with Gasteiger partial charge in [0.2, 0.25) is 0 Å². The van der Waals surface area contributed by atoms with E-state index in [4.69, 9.17) is 11.0 Å². The van der Waals surface area contributed by atoms with Gasteiger partial charge in [-0.15, -0.1) is 0 Å². The molecule has 2 rings (SSSR count). The normalized spacial score (nSPS) is 12.0. The van der Waals surface area contributed by atoms with E-state index in [-0.39, 0.29) is 22.8 Å². The first-order valence-corrected chi connectivity index (χ1v) is 6.57. The molecule has 0 saturated heterocycles. The summed E-state index contributed by atoms with van der Waals surface area (Å²) in [7, 11) is 0. The number of nitrogens with zero attached hydrogens (tertiary/aromatic N) is 2. The van der Waals surface area contributed by atoms with Crippen molar-refractivity contribution in [2.45, 2.75) is 12.1 Å². The molecule has 0 radical (unpaired) electrons. The Bertz CT molecular complexity index is 659. The lowest BCUT2D eigenvalue weighted by Gasteiger charge is -1.99. The number of rotatable bonds is 4. The number of nitriles is 1. The van der Waals surface area contributed by atoms with Crippen molar-refractivity contribution in [3.05, 3.63) is 35.5 Å². The maximum absolute atomic E-state index is 11.8. The molecule has 96 valence electrons. The van der Waals surface area contributed by atoms with E-state index in [0.717, 1.165) is 11.0 Å². The molecule has 0 atom stereocenters. The lowest BCUT2D eigenvalue weighted by atomic mass is 10.2. The highest BCUT2D eigenvalue weighted by molar-refractivity contribution is 7.99. The van der Waals surface area contributed by atoms with Crippen molar-refractivity contribution < 1.29 is 4.79 Å². The average molecular weight is 272 g/mol. The van der Waals surface area contributed by atoms with E-state index in [1.54, 1.807) is 6.92 Å². The maximum atomic E-state index is 11.8. The third-order valence-corrected chi connectivity index (χ3v) is 3.37. The van der Waals surface area contributed by atoms with Gasteiger partial charge in [-0.2, -0.15) is 5.26 Å². The van der Waals surface area contributed by atoms with E-state index in [1.165, 1.54) is 11.8 Å². The van der Waals surface area contributed by atoms with Gasteiger partial charge in [0.1, 0.15) is 11.6 Å². The SMILES string of the molecule is CC(N)=C(C#N)C(=O)CSc1nc2ccccc2[nH]1. The van der Waals surface area contributed by atoms with Gasteiger partial charge in [0.05, 0.1) is 16.8 Å². The number of ketones is 1. The van der Waals surface area contributed by atoms with Crippen molar-refractivity contribution in [2.24, 2.45) is 5.73 Å². The first-order chi connectivity index (χ1) is 9.11. The molecule has 0 aliphatic rings. The van der Waals surface area contributed by atoms with E-state index in [9.17, 15) is 4.79 Å². The first-order valence-electron chi connectivity index (χ1n) is 5.59. The first kappa shape index (κ1) is 13.2. The molecule has 1 aromatic heterocycles. The van der Waals surface area contributed by atoms with E-state index in [1.807, 2.05) is 30.3 Å². The van der Waals surface area contributed by atoms with Crippen LogP contribution in [-0.2, 0) is 4.79 Å². The minimum Gasteiger partial charge on any atom is -0.401 e. The van der Waals surface area contributed by atoms with Gasteiger partial charge in [-0.3, -0.25) is 4.79 Å². The smallest absolute Gasteiger partial charge is 0.185 e. The van der Waals surface area contributed by atoms with Crippen molar-refractivity contribution in [1.82, 2.24) is 9.97 Å². The summed E-state index contributed by atoms with van der Waals surface area (Å²) in [5, 5.41) is 9.49. The third kappa shape index (κ3) is 2.95. The zero-order chi connectivity index (χ0) is 13.8. The fourth-order valence-electron chi connectivity index (χ4n) is 1.57. The van der Waals surface area contributed by atoms with Crippen LogP contribution in [0.25, 0.3) is 11.0 Å². The van der Waals surface area contributed by atoms with E-state index in [2.05, 4.69) is 9.97 Å². The van der Waals surface area contributed by atoms with Crippen molar-refractivity contribution >= 4 is 28.6 Å². The highest BCUT2D eigenvalue weighted by Crippen LogP contribution is 2.20. The lowest BCUT2D eigenvalue weighted by molar-refractivity contribution is -0.112. The Morgan fingerprint density at radius 3 is 2.89 bits per heavy atom. The Kier molecular flexibility index (Phi) is 3.88. The highest BCUT2D eigenvalue weighted by atomic mass is 32.2. The van der Waals surface area contributed by atoms with Gasteiger partial charge < -0.3 is 10.7 Å². The Labute approximate surface area is 114 Å². The number of hydrogen-bond acceptors (Lipinski definition) is 5. The fourth-order valence-corrected chi connectivity index (χ4v) is 2.33. The van der Waals surface area contributed by atoms with Crippen LogP contribution in [0.15, 0.2) is 40.7 Å². The van der Waals surface area contributed by atoms with Gasteiger partial charge >= 0.3 is 0 Å². The highest BCUT2D eigenvalue weighted by Gasteiger charge is 2.13. The van der Waals surface area contributed by atoms with Gasteiger partial charge in [-0.05, 0) is 19.1 Å². The van der Waals surface area contributed by atoms with Crippen LogP contribution < -0.4 is 5.73 Å². The number of carbonyl (C=O) groups excluding carboxylic acids is 1. The minimum atomic E-state index is -0.284. The molecular weight excluding hydrogens is 260 g/mol. The molecule has 1 aromatic carbocycles. The monoisotopic (exact) mass is 272 g/mol. The summed E-state index contributed by atoms with van der Waals surface area (Å²) in [4.78, 5) is 19.2. The number of H-pyrrole nitrogens is 1. The Morgan fingerprint density at radius 2 is 2.26 bits per heavy atom. The molecule has 0 aliphatic heterocycles. The number of allylic oxidation sites excluding steroid dienone is 2. The number of fused-ring (bicyclic) bond motifs is 1. The zero-order valence-corrected chi connectivity index (χ0v) is 11.1. The van der Waals surface area contributed by atoms with Gasteiger partial charge in [0.25, 0.3) is 0 Å². The second kappa shape index (κ2) is 5.59. The van der Waals surface area contributed by atoms with Crippen LogP contribution in [0.4, 0.5) is 0 Å². The number of thioether (sulfide) groups is 1. The molecule has 5 nitrogen and oxygen atoms in total. The summed E-state index contributed by atoms with van der Waals surface area (Å²) < 4.78 is 0. The van der Waals surface area contributed by atoms with Crippen LogP contribution in [0.5, 0.6) is 0 Å². The molecule has 1 heterocycles. The molecule has 0 saturated carbocycles. The standard InChI is InChI=1S/C13H12N4OS/c1-8(15)9(6-14)12(18)7-19-13-16-10-4-2-3-5-11(10)17-13/h2-5H,7,15H2,1H3,(H,16,17). The second-order valence-corrected chi connectivity index (χ2v) is 4.90. The zero-order valence-electron chi connectivity index (χ0n) is 10.3. The average Bonchev–Trinajstić information content (AvgIpc) is 2.79. The number of para-hydroxylation sites is 2. The van der Waals surface area contributed by atoms with Crippen LogP contribution in [0.2, 0.25) is 0 Å². The van der Waals surface area contributed by atoms with Gasteiger partial charge in [0.15, 0.2) is 10.9 Å². The Morgan fingerprint density at radius 1 is 1.53 bits per heavy atom. The summed E-state index contributed by atoms with van der Waals surface area (Å²) >= 11 is 1.26. The molecule has 19 heavy (non-hydrogen) atoms. The number of hydrogen-bond donors (Lipinski definition) is 2. The van der Waals surface area contributed by atoms with Gasteiger partial charge in [0, 0.05) is 5.70 Å². The summed E-state index contributed by atoms with van der Waals surface area (Å²) in [6.45, 7) is 1.54. The molecule has 0 fully saturated rings. The summed E-state index contributed by atoms with van der Waals surface area (Å²) in [5.74, 6) is -0.148. The number of aromatic nitrogens is 2. The van der Waals surface area contributed by atoms with Crippen LogP contribution in [0, 0.1) is 11.3 Å². The molecule has 0 spiro atoms. The van der Waals surface area contributed by atoms with Gasteiger partial charge in [-0.1, -0.05) is 23.9 Å². The molecule has 0 amide bonds. The number of nitrogens with one attached hydrogen (secondary N) is 1. The van der Waals surface area contributed by atoms with Crippen molar-refractivity contribution in [3.63, 3.8) is 0 Å². The molecule has 6 heteroatoms. The predicted molar refractivity (Wildman–Crippen MR) is 74.3 cm³/mol. The number of aromatic amines is 1. The largest absolute Gasteiger partial charge is 0.401 e. The maximum Gasteiger partial charge on any atom is 0.185 e. The van der Waals surface area contributed by atoms with Gasteiger partial charge in [-0.25, -0.2) is 4.98 Å². The van der Waals surface area contributed by atoms with Crippen LogP contribution >= 0.6 is 11.8 Å². The van der Waals surface area contributed by atoms with Crippen molar-refractivity contribution in [3.8, 4) is 6.07 Å². The predicted octanol–water partition coefficient (Wildman–Crippen LogP) is 1.98. The third-order valence-electron chi connectivity index (χ3n) is 2.49. The van der Waals surface area contributed by atoms with Crippen LogP contribution in [0.1, 0.15) is 6.92 Å². The van der Waals surface area contributed by atoms with E-state index < -0.39 is 0 Å². The quantitative estimate of drug-likeness (QED) is 0.504. The Balaban J connectivity index is 2.09. The van der Waals surface area contributed by atoms with Crippen molar-refractivity contribution in [1.29, 1.82) is 5.26 Å². The molecule has 2 aromatic rings. The summed E-state index contributed by atoms with van der Waals surface area (Å²) in [5.41, 5.74) is 7.52. The number of carbonyl (C=O) groups is 1. The van der Waals surface area contributed by atoms with E-state index in [0.29, 0.717) is 5.16 Å². The topological polar surface area (TPSA) is 95.6 Å². The van der Waals surface area contributed by atoms with Crippen LogP contribution in [0.3, 0.4) is 0 Å². The molecule has 0 bridgehead atoms. The lowest BCUT2D eigenvalue weighted by Crippen LogP contribution is -2.10. The van der Waals surface area contributed by atoms with Crippen molar-refractivity contribution in [2.75, 3.05) is 5.75 Å². The summed E-state index contributed by atoms with van der Waals surface area (Å²) in [6.07, 6.45) is 0. The fraction of sp³-hybridized carbons (Fsp3) is 0.154. The molecule has 0 unspecified atom stereocenters. The molecule has 0 aliphatic carbocycles. The summed E-state index contributed by atoms with van der Waals surface area (Å²) in [6, 6.07) is 9.44. The van der Waals surface area contributed by atoms with E-state index >= 15 is 0 Å². The number of nitrogens with two attached hydrogens (primary N) is 1. The number of imidazole rings is 1. The number of Topliss-reactive ketones (excluding diaryl/α,β-unsaturated/α-hetero) is 1. The minimum absolute atomic E-state index is 0.0172. The number of benzene rings is 1. The molecular formula is C13H12N4OS. The second-order valence-electron chi connectivity index (χ2n) is 3.94. The van der Waals surface area contributed by atoms with Crippen LogP contribution in [-0.4, -0.2) is 21.5 Å².